The van der Waals surface area contributed by atoms with E-state index in [1.54, 1.807) is 29.2 Å². The Kier molecular flexibility index (Phi) is 6.46. The van der Waals surface area contributed by atoms with Crippen LogP contribution in [0.2, 0.25) is 0 Å². The number of rotatable bonds is 5. The lowest BCUT2D eigenvalue weighted by Gasteiger charge is -2.32. The molecule has 6 heteroatoms. The average Bonchev–Trinajstić information content (AvgIpc) is 2.80. The summed E-state index contributed by atoms with van der Waals surface area (Å²) in [7, 11) is 0. The summed E-state index contributed by atoms with van der Waals surface area (Å²) in [6.07, 6.45) is 1.45. The number of hydrogen-bond acceptors (Lipinski definition) is 2. The fourth-order valence-electron chi connectivity index (χ4n) is 3.75. The highest BCUT2D eigenvalue weighted by Crippen LogP contribution is 2.24. The van der Waals surface area contributed by atoms with E-state index in [0.29, 0.717) is 25.4 Å². The van der Waals surface area contributed by atoms with Gasteiger partial charge in [0.1, 0.15) is 23.5 Å². The van der Waals surface area contributed by atoms with Crippen LogP contribution >= 0.6 is 0 Å². The quantitative estimate of drug-likeness (QED) is 0.599. The molecule has 4 nitrogen and oxygen atoms in total. The minimum Gasteiger partial charge on any atom is -0.490 e. The second-order valence-corrected chi connectivity index (χ2v) is 7.58. The van der Waals surface area contributed by atoms with Crippen molar-refractivity contribution in [3.05, 3.63) is 90.0 Å². The second-order valence-electron chi connectivity index (χ2n) is 7.58. The number of likely N-dealkylation sites (tertiary alicyclic amines) is 1. The number of benzene rings is 3. The SMILES string of the molecule is O=C(NCc1ccccc1-c1ccc(F)cc1)N1CCC(Oc2ccc(F)cc2)CC1. The number of ether oxygens (including phenoxy) is 1. The number of carbonyl (C=O) groups excluding carboxylic acids is 1. The molecule has 1 N–H and O–H groups in total. The maximum Gasteiger partial charge on any atom is 0.317 e. The van der Waals surface area contributed by atoms with Crippen molar-refractivity contribution in [2.75, 3.05) is 13.1 Å². The highest BCUT2D eigenvalue weighted by atomic mass is 19.1. The molecule has 3 aromatic carbocycles. The van der Waals surface area contributed by atoms with E-state index in [-0.39, 0.29) is 23.8 Å². The van der Waals surface area contributed by atoms with Crippen LogP contribution in [0.15, 0.2) is 72.8 Å². The van der Waals surface area contributed by atoms with E-state index in [1.807, 2.05) is 24.3 Å². The molecule has 1 aliphatic heterocycles. The van der Waals surface area contributed by atoms with Crippen molar-refractivity contribution >= 4 is 6.03 Å². The van der Waals surface area contributed by atoms with Crippen LogP contribution in [0.4, 0.5) is 13.6 Å². The van der Waals surface area contributed by atoms with Crippen molar-refractivity contribution in [3.63, 3.8) is 0 Å². The van der Waals surface area contributed by atoms with E-state index >= 15 is 0 Å². The summed E-state index contributed by atoms with van der Waals surface area (Å²) >= 11 is 0. The number of amides is 2. The van der Waals surface area contributed by atoms with Crippen LogP contribution in [0.3, 0.4) is 0 Å². The fraction of sp³-hybridized carbons (Fsp3) is 0.240. The molecule has 31 heavy (non-hydrogen) atoms. The number of nitrogens with one attached hydrogen (secondary N) is 1. The lowest BCUT2D eigenvalue weighted by atomic mass is 9.99. The first-order valence-corrected chi connectivity index (χ1v) is 10.4. The van der Waals surface area contributed by atoms with Crippen LogP contribution in [-0.4, -0.2) is 30.1 Å². The lowest BCUT2D eigenvalue weighted by molar-refractivity contribution is 0.111. The molecule has 1 heterocycles. The number of carbonyl (C=O) groups is 1. The van der Waals surface area contributed by atoms with Gasteiger partial charge in [-0.15, -0.1) is 0 Å². The minimum atomic E-state index is -0.292. The first-order chi connectivity index (χ1) is 15.1. The lowest BCUT2D eigenvalue weighted by Crippen LogP contribution is -2.46. The van der Waals surface area contributed by atoms with Gasteiger partial charge >= 0.3 is 6.03 Å². The molecule has 3 aromatic rings. The third-order valence-corrected chi connectivity index (χ3v) is 5.45. The van der Waals surface area contributed by atoms with Crippen molar-refractivity contribution in [1.29, 1.82) is 0 Å². The molecule has 2 amide bonds. The highest BCUT2D eigenvalue weighted by Gasteiger charge is 2.24. The van der Waals surface area contributed by atoms with Gasteiger partial charge in [-0.25, -0.2) is 13.6 Å². The van der Waals surface area contributed by atoms with Gasteiger partial charge in [-0.1, -0.05) is 36.4 Å². The third-order valence-electron chi connectivity index (χ3n) is 5.45. The molecular weight excluding hydrogens is 398 g/mol. The number of piperidine rings is 1. The smallest absolute Gasteiger partial charge is 0.317 e. The van der Waals surface area contributed by atoms with E-state index in [2.05, 4.69) is 5.32 Å². The van der Waals surface area contributed by atoms with E-state index < -0.39 is 0 Å². The maximum atomic E-state index is 13.2. The van der Waals surface area contributed by atoms with Gasteiger partial charge in [0.15, 0.2) is 0 Å². The van der Waals surface area contributed by atoms with Gasteiger partial charge in [0.05, 0.1) is 0 Å². The molecule has 0 saturated carbocycles. The van der Waals surface area contributed by atoms with Crippen LogP contribution in [-0.2, 0) is 6.54 Å². The Bertz CT molecular complexity index is 1010. The fourth-order valence-corrected chi connectivity index (χ4v) is 3.75. The zero-order valence-electron chi connectivity index (χ0n) is 17.1. The van der Waals surface area contributed by atoms with Crippen LogP contribution in [0.25, 0.3) is 11.1 Å². The van der Waals surface area contributed by atoms with E-state index in [0.717, 1.165) is 29.5 Å². The molecule has 1 fully saturated rings. The van der Waals surface area contributed by atoms with Crippen molar-refractivity contribution in [3.8, 4) is 16.9 Å². The van der Waals surface area contributed by atoms with Crippen molar-refractivity contribution in [2.45, 2.75) is 25.5 Å². The maximum absolute atomic E-state index is 13.2. The molecule has 0 bridgehead atoms. The van der Waals surface area contributed by atoms with Crippen LogP contribution in [0.5, 0.6) is 5.75 Å². The summed E-state index contributed by atoms with van der Waals surface area (Å²) in [5, 5.41) is 2.99. The predicted octanol–water partition coefficient (Wildman–Crippen LogP) is 5.38. The minimum absolute atomic E-state index is 0.00807. The molecule has 160 valence electrons. The monoisotopic (exact) mass is 422 g/mol. The summed E-state index contributed by atoms with van der Waals surface area (Å²) in [4.78, 5) is 14.4. The van der Waals surface area contributed by atoms with Gasteiger partial charge in [-0.05, 0) is 53.1 Å². The van der Waals surface area contributed by atoms with Crippen LogP contribution in [0.1, 0.15) is 18.4 Å². The van der Waals surface area contributed by atoms with Gasteiger partial charge in [-0.2, -0.15) is 0 Å². The van der Waals surface area contributed by atoms with Crippen molar-refractivity contribution in [2.24, 2.45) is 0 Å². The Morgan fingerprint density at radius 1 is 0.903 bits per heavy atom. The normalized spacial score (nSPS) is 14.3. The standard InChI is InChI=1S/C25H24F2N2O2/c26-20-7-5-18(6-8-20)24-4-2-1-3-19(24)17-28-25(30)29-15-13-23(14-16-29)31-22-11-9-21(27)10-12-22/h1-12,23H,13-17H2,(H,28,30). The second kappa shape index (κ2) is 9.60. The molecular formula is C25H24F2N2O2. The molecule has 0 aromatic heterocycles. The molecule has 0 aliphatic carbocycles. The number of halogens is 2. The molecule has 1 saturated heterocycles. The molecule has 0 atom stereocenters. The topological polar surface area (TPSA) is 41.6 Å². The Balaban J connectivity index is 1.30. The summed E-state index contributed by atoms with van der Waals surface area (Å²) in [6, 6.07) is 20.0. The van der Waals surface area contributed by atoms with Crippen molar-refractivity contribution < 1.29 is 18.3 Å². The number of nitrogens with zero attached hydrogens (tertiary/aromatic N) is 1. The third kappa shape index (κ3) is 5.40. The van der Waals surface area contributed by atoms with E-state index in [4.69, 9.17) is 4.74 Å². The van der Waals surface area contributed by atoms with Crippen molar-refractivity contribution in [1.82, 2.24) is 10.2 Å². The first kappa shape index (κ1) is 20.8. The largest absolute Gasteiger partial charge is 0.490 e. The number of urea groups is 1. The Labute approximate surface area is 180 Å². The predicted molar refractivity (Wildman–Crippen MR) is 116 cm³/mol. The van der Waals surface area contributed by atoms with Crippen LogP contribution < -0.4 is 10.1 Å². The van der Waals surface area contributed by atoms with E-state index in [9.17, 15) is 13.6 Å². The zero-order chi connectivity index (χ0) is 21.6. The Hall–Kier alpha value is -3.41. The van der Waals surface area contributed by atoms with Gasteiger partial charge in [0.25, 0.3) is 0 Å². The van der Waals surface area contributed by atoms with Gasteiger partial charge < -0.3 is 15.0 Å². The highest BCUT2D eigenvalue weighted by molar-refractivity contribution is 5.75. The molecule has 1 aliphatic rings. The Morgan fingerprint density at radius 2 is 1.52 bits per heavy atom. The van der Waals surface area contributed by atoms with Gasteiger partial charge in [-0.3, -0.25) is 0 Å². The summed E-state index contributed by atoms with van der Waals surface area (Å²) in [6.45, 7) is 1.58. The molecule has 0 spiro atoms. The zero-order valence-corrected chi connectivity index (χ0v) is 17.1. The number of hydrogen-bond donors (Lipinski definition) is 1. The van der Waals surface area contributed by atoms with E-state index in [1.165, 1.54) is 24.3 Å². The molecule has 0 unspecified atom stereocenters. The Morgan fingerprint density at radius 3 is 2.19 bits per heavy atom. The first-order valence-electron chi connectivity index (χ1n) is 10.4. The average molecular weight is 422 g/mol. The summed E-state index contributed by atoms with van der Waals surface area (Å²) in [5.74, 6) is 0.0721. The van der Waals surface area contributed by atoms with Gasteiger partial charge in [0, 0.05) is 32.5 Å². The summed E-state index contributed by atoms with van der Waals surface area (Å²) in [5.41, 5.74) is 2.84. The van der Waals surface area contributed by atoms with Gasteiger partial charge in [0.2, 0.25) is 0 Å². The summed E-state index contributed by atoms with van der Waals surface area (Å²) < 4.78 is 32.1. The molecule has 0 radical (unpaired) electrons. The van der Waals surface area contributed by atoms with Crippen LogP contribution in [0, 0.1) is 11.6 Å². The molecule has 4 rings (SSSR count).